The Kier molecular flexibility index (Phi) is 6.12. The molecule has 37 heavy (non-hydrogen) atoms. The molecule has 0 N–H and O–H groups in total. The lowest BCUT2D eigenvalue weighted by Gasteiger charge is -2.54. The van der Waals surface area contributed by atoms with Gasteiger partial charge in [0.2, 0.25) is 11.8 Å². The second-order valence-corrected chi connectivity index (χ2v) is 12.8. The van der Waals surface area contributed by atoms with E-state index in [1.165, 1.54) is 4.90 Å². The Balaban J connectivity index is 1.67. The summed E-state index contributed by atoms with van der Waals surface area (Å²) in [5, 5.41) is 0. The summed E-state index contributed by atoms with van der Waals surface area (Å²) >= 11 is 0. The van der Waals surface area contributed by atoms with Crippen molar-refractivity contribution in [3.8, 4) is 0 Å². The van der Waals surface area contributed by atoms with Crippen molar-refractivity contribution in [2.45, 2.75) is 78.4 Å². The smallest absolute Gasteiger partial charge is 0.310 e. The Morgan fingerprint density at radius 2 is 1.11 bits per heavy atom. The lowest BCUT2D eigenvalue weighted by atomic mass is 9.47. The van der Waals surface area contributed by atoms with Crippen LogP contribution in [0.3, 0.4) is 0 Å². The third-order valence-electron chi connectivity index (χ3n) is 8.06. The highest BCUT2D eigenvalue weighted by Gasteiger charge is 2.69. The van der Waals surface area contributed by atoms with Crippen LogP contribution in [0.2, 0.25) is 0 Å². The van der Waals surface area contributed by atoms with Crippen LogP contribution in [0.5, 0.6) is 0 Å². The van der Waals surface area contributed by atoms with Crippen molar-refractivity contribution in [1.29, 1.82) is 0 Å². The molecule has 6 atom stereocenters. The molecule has 2 fully saturated rings. The van der Waals surface area contributed by atoms with Gasteiger partial charge in [0.05, 0.1) is 29.4 Å². The first kappa shape index (κ1) is 25.7. The molecule has 7 heteroatoms. The molecule has 1 heterocycles. The van der Waals surface area contributed by atoms with Crippen LogP contribution < -0.4 is 4.90 Å². The van der Waals surface area contributed by atoms with E-state index >= 15 is 0 Å². The first-order chi connectivity index (χ1) is 17.3. The molecular weight excluding hydrogens is 470 g/mol. The minimum absolute atomic E-state index is 0.287. The maximum atomic E-state index is 14.0. The van der Waals surface area contributed by atoms with Crippen LogP contribution in [0.15, 0.2) is 41.5 Å². The van der Waals surface area contributed by atoms with Gasteiger partial charge in [-0.05, 0) is 79.4 Å². The Bertz CT molecular complexity index is 1100. The number of para-hydroxylation sites is 1. The Hall–Kier alpha value is -2.96. The Morgan fingerprint density at radius 1 is 0.703 bits per heavy atom. The van der Waals surface area contributed by atoms with E-state index < -0.39 is 58.6 Å². The van der Waals surface area contributed by atoms with Crippen LogP contribution in [0.25, 0.3) is 0 Å². The van der Waals surface area contributed by atoms with Gasteiger partial charge in [-0.15, -0.1) is 0 Å². The largest absolute Gasteiger partial charge is 0.460 e. The van der Waals surface area contributed by atoms with Crippen LogP contribution >= 0.6 is 0 Å². The molecule has 4 aliphatic carbocycles. The number of imide groups is 1. The Morgan fingerprint density at radius 3 is 1.49 bits per heavy atom. The van der Waals surface area contributed by atoms with Gasteiger partial charge in [0, 0.05) is 11.8 Å². The molecule has 5 aliphatic rings. The van der Waals surface area contributed by atoms with Crippen molar-refractivity contribution >= 4 is 29.4 Å². The summed E-state index contributed by atoms with van der Waals surface area (Å²) in [6.07, 6.45) is 3.46. The first-order valence-corrected chi connectivity index (χ1v) is 13.4. The molecule has 1 aromatic carbocycles. The molecule has 1 aliphatic heterocycles. The molecule has 7 nitrogen and oxygen atoms in total. The second kappa shape index (κ2) is 8.81. The zero-order chi connectivity index (χ0) is 26.9. The average Bonchev–Trinajstić information content (AvgIpc) is 3.08. The van der Waals surface area contributed by atoms with Gasteiger partial charge in [-0.2, -0.15) is 0 Å². The highest BCUT2D eigenvalue weighted by atomic mass is 16.6. The van der Waals surface area contributed by atoms with Gasteiger partial charge in [-0.1, -0.05) is 29.3 Å². The third-order valence-corrected chi connectivity index (χ3v) is 8.06. The summed E-state index contributed by atoms with van der Waals surface area (Å²) in [6.45, 7) is 10.8. The predicted octanol–water partition coefficient (Wildman–Crippen LogP) is 4.84. The highest BCUT2D eigenvalue weighted by Crippen LogP contribution is 2.63. The topological polar surface area (TPSA) is 90.0 Å². The molecule has 1 saturated heterocycles. The molecule has 6 rings (SSSR count). The van der Waals surface area contributed by atoms with Crippen LogP contribution in [0, 0.1) is 35.5 Å². The number of rotatable bonds is 3. The average molecular weight is 508 g/mol. The normalized spacial score (nSPS) is 31.2. The molecular formula is C30H37NO6. The van der Waals surface area contributed by atoms with Gasteiger partial charge in [0.1, 0.15) is 11.2 Å². The van der Waals surface area contributed by atoms with E-state index in [1.54, 1.807) is 65.8 Å². The Labute approximate surface area is 218 Å². The molecule has 2 amide bonds. The SMILES string of the molecule is CC(C)(C)OC(=O)[C@@H]1[C@H](C(=O)OC(C)(C)C)[C@@H]2C3=C(CCCC3)[C@H]1[C@H]1C(=O)N(c3ccccc3)C(=O)[C@H]12. The lowest BCUT2D eigenvalue weighted by Crippen LogP contribution is -2.59. The molecule has 0 radical (unpaired) electrons. The quantitative estimate of drug-likeness (QED) is 0.330. The molecule has 1 saturated carbocycles. The predicted molar refractivity (Wildman–Crippen MR) is 137 cm³/mol. The molecule has 1 aromatic rings. The van der Waals surface area contributed by atoms with Crippen molar-refractivity contribution < 1.29 is 28.7 Å². The lowest BCUT2D eigenvalue weighted by molar-refractivity contribution is -0.186. The fraction of sp³-hybridized carbons (Fsp3) is 0.600. The maximum absolute atomic E-state index is 14.0. The minimum atomic E-state index is -0.871. The van der Waals surface area contributed by atoms with Gasteiger partial charge in [0.15, 0.2) is 0 Å². The zero-order valence-electron chi connectivity index (χ0n) is 22.6. The molecule has 198 valence electrons. The van der Waals surface area contributed by atoms with Crippen molar-refractivity contribution in [3.63, 3.8) is 0 Å². The number of hydrogen-bond acceptors (Lipinski definition) is 6. The van der Waals surface area contributed by atoms with Gasteiger partial charge in [-0.3, -0.25) is 24.1 Å². The van der Waals surface area contributed by atoms with E-state index in [0.29, 0.717) is 5.69 Å². The summed E-state index contributed by atoms with van der Waals surface area (Å²) in [5.41, 5.74) is 1.17. The van der Waals surface area contributed by atoms with Crippen LogP contribution in [-0.4, -0.2) is 35.0 Å². The standard InChI is InChI=1S/C30H37NO6/c1-29(2,3)36-27(34)23-19-17-14-10-11-15-18(17)20(24(23)28(35)37-30(4,5)6)22-21(19)25(32)31(26(22)33)16-12-8-7-9-13-16/h7-9,12-13,19-24H,10-11,14-15H2,1-6H3/t19-,20+,21+,22-,23-,24+. The van der Waals surface area contributed by atoms with Crippen molar-refractivity contribution in [2.75, 3.05) is 4.90 Å². The van der Waals surface area contributed by atoms with Crippen LogP contribution in [0.4, 0.5) is 5.69 Å². The number of carbonyl (C=O) groups is 4. The number of anilines is 1. The number of carbonyl (C=O) groups excluding carboxylic acids is 4. The number of ether oxygens (including phenoxy) is 2. The first-order valence-electron chi connectivity index (χ1n) is 13.4. The van der Waals surface area contributed by atoms with Gasteiger partial charge < -0.3 is 9.47 Å². The summed E-state index contributed by atoms with van der Waals surface area (Å²) in [4.78, 5) is 56.9. The van der Waals surface area contributed by atoms with E-state index in [2.05, 4.69) is 0 Å². The van der Waals surface area contributed by atoms with E-state index in [4.69, 9.17) is 9.47 Å². The van der Waals surface area contributed by atoms with E-state index in [0.717, 1.165) is 36.8 Å². The molecule has 2 bridgehead atoms. The monoisotopic (exact) mass is 507 g/mol. The number of hydrogen-bond donors (Lipinski definition) is 0. The van der Waals surface area contributed by atoms with Crippen molar-refractivity contribution in [1.82, 2.24) is 0 Å². The van der Waals surface area contributed by atoms with E-state index in [-0.39, 0.29) is 11.8 Å². The van der Waals surface area contributed by atoms with E-state index in [1.807, 2.05) is 6.07 Å². The maximum Gasteiger partial charge on any atom is 0.310 e. The fourth-order valence-corrected chi connectivity index (χ4v) is 7.10. The minimum Gasteiger partial charge on any atom is -0.460 e. The number of esters is 2. The van der Waals surface area contributed by atoms with Gasteiger partial charge in [-0.25, -0.2) is 0 Å². The van der Waals surface area contributed by atoms with Crippen molar-refractivity contribution in [2.24, 2.45) is 35.5 Å². The zero-order valence-corrected chi connectivity index (χ0v) is 22.6. The highest BCUT2D eigenvalue weighted by molar-refractivity contribution is 6.23. The summed E-state index contributed by atoms with van der Waals surface area (Å²) in [5.74, 6) is -5.79. The number of nitrogens with zero attached hydrogens (tertiary/aromatic N) is 1. The number of fused-ring (bicyclic) bond motifs is 1. The number of allylic oxidation sites excluding steroid dienone is 2. The van der Waals surface area contributed by atoms with Crippen LogP contribution in [0.1, 0.15) is 67.2 Å². The number of amides is 2. The third kappa shape index (κ3) is 4.30. The fourth-order valence-electron chi connectivity index (χ4n) is 7.10. The van der Waals surface area contributed by atoms with Crippen LogP contribution in [-0.2, 0) is 28.7 Å². The van der Waals surface area contributed by atoms with E-state index in [9.17, 15) is 19.2 Å². The number of benzene rings is 1. The second-order valence-electron chi connectivity index (χ2n) is 12.8. The van der Waals surface area contributed by atoms with Gasteiger partial charge >= 0.3 is 11.9 Å². The molecule has 0 unspecified atom stereocenters. The summed E-state index contributed by atoms with van der Waals surface area (Å²) < 4.78 is 11.7. The molecule has 0 spiro atoms. The van der Waals surface area contributed by atoms with Gasteiger partial charge in [0.25, 0.3) is 0 Å². The molecule has 0 aromatic heterocycles. The van der Waals surface area contributed by atoms with Crippen molar-refractivity contribution in [3.05, 3.63) is 41.5 Å². The summed E-state index contributed by atoms with van der Waals surface area (Å²) in [6, 6.07) is 8.92. The summed E-state index contributed by atoms with van der Waals surface area (Å²) in [7, 11) is 0.